The van der Waals surface area contributed by atoms with E-state index >= 15 is 0 Å². The van der Waals surface area contributed by atoms with E-state index in [4.69, 9.17) is 11.6 Å². The average Bonchev–Trinajstić information content (AvgIpc) is 2.33. The zero-order valence-electron chi connectivity index (χ0n) is 8.67. The zero-order chi connectivity index (χ0) is 12.3. The number of pyridine rings is 1. The van der Waals surface area contributed by atoms with Crippen LogP contribution in [0.1, 0.15) is 0 Å². The minimum absolute atomic E-state index is 0.0417. The van der Waals surface area contributed by atoms with Crippen LogP contribution >= 0.6 is 11.6 Å². The number of aromatic nitrogens is 1. The molecule has 6 heteroatoms. The first-order valence-electron chi connectivity index (χ1n) is 4.78. The van der Waals surface area contributed by atoms with Crippen LogP contribution in [0, 0.1) is 0 Å². The number of nitrogens with zero attached hydrogens (tertiary/aromatic N) is 1. The molecule has 88 valence electrons. The van der Waals surface area contributed by atoms with Gasteiger partial charge in [-0.15, -0.1) is 0 Å². The Hall–Kier alpha value is -1.59. The lowest BCUT2D eigenvalue weighted by Gasteiger charge is -2.08. The lowest BCUT2D eigenvalue weighted by molar-refractivity contribution is 0.597. The number of hydrogen-bond donors (Lipinski definition) is 1. The van der Waals surface area contributed by atoms with Gasteiger partial charge in [-0.1, -0.05) is 29.8 Å². The molecule has 2 rings (SSSR count). The lowest BCUT2D eigenvalue weighted by atomic mass is 10.3. The summed E-state index contributed by atoms with van der Waals surface area (Å²) in [6.45, 7) is 0. The number of para-hydroxylation sites is 1. The number of anilines is 1. The maximum Gasteiger partial charge on any atom is 0.279 e. The topological polar surface area (TPSA) is 59.1 Å². The molecule has 0 spiro atoms. The van der Waals surface area contributed by atoms with Crippen molar-refractivity contribution in [3.05, 3.63) is 53.7 Å². The van der Waals surface area contributed by atoms with Crippen molar-refractivity contribution in [1.82, 2.24) is 4.98 Å². The van der Waals surface area contributed by atoms with Gasteiger partial charge in [-0.3, -0.25) is 4.72 Å². The highest BCUT2D eigenvalue weighted by molar-refractivity contribution is 7.92. The van der Waals surface area contributed by atoms with E-state index in [1.54, 1.807) is 36.4 Å². The molecule has 2 aromatic rings. The standard InChI is InChI=1S/C11H9ClN2O2S/c12-9-5-1-2-6-10(9)14-17(15,16)11-7-3-4-8-13-11/h1-8,14H. The zero-order valence-corrected chi connectivity index (χ0v) is 10.2. The van der Waals surface area contributed by atoms with Gasteiger partial charge in [0.05, 0.1) is 10.7 Å². The van der Waals surface area contributed by atoms with Crippen LogP contribution in [-0.4, -0.2) is 13.4 Å². The van der Waals surface area contributed by atoms with Crippen molar-refractivity contribution in [1.29, 1.82) is 0 Å². The molecule has 1 N–H and O–H groups in total. The molecule has 0 aliphatic heterocycles. The Morgan fingerprint density at radius 3 is 2.41 bits per heavy atom. The minimum atomic E-state index is -3.68. The Balaban J connectivity index is 2.34. The third-order valence-corrected chi connectivity index (χ3v) is 3.64. The number of halogens is 1. The second kappa shape index (κ2) is 4.73. The van der Waals surface area contributed by atoms with Gasteiger partial charge in [-0.05, 0) is 24.3 Å². The van der Waals surface area contributed by atoms with Crippen molar-refractivity contribution < 1.29 is 8.42 Å². The lowest BCUT2D eigenvalue weighted by Crippen LogP contribution is -2.14. The molecule has 0 aliphatic rings. The van der Waals surface area contributed by atoms with Gasteiger partial charge in [0.2, 0.25) is 0 Å². The average molecular weight is 269 g/mol. The molecule has 0 bridgehead atoms. The molecule has 0 amide bonds. The Morgan fingerprint density at radius 2 is 1.76 bits per heavy atom. The Labute approximate surface area is 104 Å². The normalized spacial score (nSPS) is 11.1. The van der Waals surface area contributed by atoms with E-state index < -0.39 is 10.0 Å². The first-order chi connectivity index (χ1) is 8.09. The highest BCUT2D eigenvalue weighted by Crippen LogP contribution is 2.23. The van der Waals surface area contributed by atoms with Gasteiger partial charge in [0, 0.05) is 6.20 Å². The first-order valence-corrected chi connectivity index (χ1v) is 6.64. The summed E-state index contributed by atoms with van der Waals surface area (Å²) in [4.78, 5) is 3.78. The van der Waals surface area contributed by atoms with Crippen molar-refractivity contribution in [3.8, 4) is 0 Å². The minimum Gasteiger partial charge on any atom is -0.277 e. The summed E-state index contributed by atoms with van der Waals surface area (Å²) < 4.78 is 26.2. The van der Waals surface area contributed by atoms with Crippen LogP contribution in [0.15, 0.2) is 53.7 Å². The largest absolute Gasteiger partial charge is 0.279 e. The van der Waals surface area contributed by atoms with Gasteiger partial charge < -0.3 is 0 Å². The molecule has 1 aromatic carbocycles. The maximum absolute atomic E-state index is 11.9. The van der Waals surface area contributed by atoms with E-state index in [0.29, 0.717) is 10.7 Å². The molecule has 17 heavy (non-hydrogen) atoms. The third-order valence-electron chi connectivity index (χ3n) is 2.03. The molecule has 0 saturated heterocycles. The summed E-state index contributed by atoms with van der Waals surface area (Å²) in [5, 5.41) is 0.298. The molecular formula is C11H9ClN2O2S. The van der Waals surface area contributed by atoms with Crippen LogP contribution < -0.4 is 4.72 Å². The highest BCUT2D eigenvalue weighted by Gasteiger charge is 2.16. The van der Waals surface area contributed by atoms with E-state index in [1.807, 2.05) is 0 Å². The van der Waals surface area contributed by atoms with Crippen molar-refractivity contribution in [2.45, 2.75) is 5.03 Å². The summed E-state index contributed by atoms with van der Waals surface area (Å²) in [5.74, 6) is 0. The summed E-state index contributed by atoms with van der Waals surface area (Å²) in [6, 6.07) is 11.3. The molecule has 0 atom stereocenters. The van der Waals surface area contributed by atoms with Crippen LogP contribution in [0.25, 0.3) is 0 Å². The van der Waals surface area contributed by atoms with Crippen LogP contribution in [0.3, 0.4) is 0 Å². The van der Waals surface area contributed by atoms with Crippen LogP contribution in [0.5, 0.6) is 0 Å². The van der Waals surface area contributed by atoms with Crippen LogP contribution in [0.4, 0.5) is 5.69 Å². The Morgan fingerprint density at radius 1 is 1.06 bits per heavy atom. The van der Waals surface area contributed by atoms with Crippen molar-refractivity contribution in [3.63, 3.8) is 0 Å². The summed E-state index contributed by atoms with van der Waals surface area (Å²) in [7, 11) is -3.68. The van der Waals surface area contributed by atoms with Gasteiger partial charge in [0.25, 0.3) is 10.0 Å². The smallest absolute Gasteiger partial charge is 0.277 e. The summed E-state index contributed by atoms with van der Waals surface area (Å²) in [5.41, 5.74) is 0.333. The first kappa shape index (κ1) is 11.9. The molecule has 1 aromatic heterocycles. The van der Waals surface area contributed by atoms with Crippen LogP contribution in [0.2, 0.25) is 5.02 Å². The molecule has 4 nitrogen and oxygen atoms in total. The van der Waals surface area contributed by atoms with E-state index in [1.165, 1.54) is 12.3 Å². The van der Waals surface area contributed by atoms with E-state index in [0.717, 1.165) is 0 Å². The Kier molecular flexibility index (Phi) is 3.31. The quantitative estimate of drug-likeness (QED) is 0.931. The van der Waals surface area contributed by atoms with Crippen molar-refractivity contribution >= 4 is 27.3 Å². The van der Waals surface area contributed by atoms with Gasteiger partial charge in [-0.2, -0.15) is 8.42 Å². The fourth-order valence-electron chi connectivity index (χ4n) is 1.25. The fraction of sp³-hybridized carbons (Fsp3) is 0. The molecule has 1 heterocycles. The van der Waals surface area contributed by atoms with Gasteiger partial charge >= 0.3 is 0 Å². The van der Waals surface area contributed by atoms with Gasteiger partial charge in [-0.25, -0.2) is 4.98 Å². The SMILES string of the molecule is O=S(=O)(Nc1ccccc1Cl)c1ccccn1. The summed E-state index contributed by atoms with van der Waals surface area (Å²) in [6.07, 6.45) is 1.42. The van der Waals surface area contributed by atoms with Crippen molar-refractivity contribution in [2.24, 2.45) is 0 Å². The molecule has 0 saturated carbocycles. The molecule has 0 fully saturated rings. The highest BCUT2D eigenvalue weighted by atomic mass is 35.5. The second-order valence-corrected chi connectivity index (χ2v) is 5.29. The molecule has 0 unspecified atom stereocenters. The van der Waals surface area contributed by atoms with Gasteiger partial charge in [0.1, 0.15) is 0 Å². The molecule has 0 aliphatic carbocycles. The van der Waals surface area contributed by atoms with Crippen LogP contribution in [-0.2, 0) is 10.0 Å². The summed E-state index contributed by atoms with van der Waals surface area (Å²) >= 11 is 5.87. The van der Waals surface area contributed by atoms with Crippen molar-refractivity contribution in [2.75, 3.05) is 4.72 Å². The number of sulfonamides is 1. The number of rotatable bonds is 3. The van der Waals surface area contributed by atoms with Gasteiger partial charge in [0.15, 0.2) is 5.03 Å². The predicted molar refractivity (Wildman–Crippen MR) is 66.5 cm³/mol. The number of benzene rings is 1. The molecular weight excluding hydrogens is 260 g/mol. The second-order valence-electron chi connectivity index (χ2n) is 3.25. The third kappa shape index (κ3) is 2.75. The molecule has 0 radical (unpaired) electrons. The van der Waals surface area contributed by atoms with E-state index in [-0.39, 0.29) is 5.03 Å². The fourth-order valence-corrected chi connectivity index (χ4v) is 2.52. The number of hydrogen-bond acceptors (Lipinski definition) is 3. The monoisotopic (exact) mass is 268 g/mol. The van der Waals surface area contributed by atoms with E-state index in [2.05, 4.69) is 9.71 Å². The predicted octanol–water partition coefficient (Wildman–Crippen LogP) is 2.54. The maximum atomic E-state index is 11.9. The Bertz CT molecular complexity index is 614. The van der Waals surface area contributed by atoms with E-state index in [9.17, 15) is 8.42 Å². The number of nitrogens with one attached hydrogen (secondary N) is 1.